The molecule has 0 radical (unpaired) electrons. The average molecular weight is 471 g/mol. The highest BCUT2D eigenvalue weighted by Crippen LogP contribution is 2.27. The zero-order valence-electron chi connectivity index (χ0n) is 17.3. The molecule has 30 heavy (non-hydrogen) atoms. The van der Waals surface area contributed by atoms with E-state index < -0.39 is 10.0 Å². The molecule has 0 aromatic heterocycles. The maximum absolute atomic E-state index is 12.3. The standard InChI is InChI=1S/C21H27ClN2O4S2/c1-4-5-12-23-30(26,27)18-10-11-20(19(22)13-18)28-14-21(25)24-15(2)16-6-8-17(29-3)9-7-16/h6-11,13,15,23H,4-5,12,14H2,1-3H3,(H,24,25)/t15-/m1/s1. The van der Waals surface area contributed by atoms with Crippen molar-refractivity contribution in [1.29, 1.82) is 0 Å². The topological polar surface area (TPSA) is 84.5 Å². The first-order valence-corrected chi connectivity index (χ1v) is 12.7. The van der Waals surface area contributed by atoms with Crippen LogP contribution in [0.4, 0.5) is 0 Å². The summed E-state index contributed by atoms with van der Waals surface area (Å²) in [6.07, 6.45) is 3.65. The van der Waals surface area contributed by atoms with Gasteiger partial charge in [0.05, 0.1) is 16.0 Å². The van der Waals surface area contributed by atoms with Gasteiger partial charge in [0, 0.05) is 11.4 Å². The highest BCUT2D eigenvalue weighted by Gasteiger charge is 2.16. The molecule has 0 fully saturated rings. The molecule has 0 saturated heterocycles. The Kier molecular flexibility index (Phi) is 9.48. The van der Waals surface area contributed by atoms with Crippen LogP contribution in [-0.4, -0.2) is 33.7 Å². The van der Waals surface area contributed by atoms with Crippen LogP contribution in [0.25, 0.3) is 0 Å². The molecule has 6 nitrogen and oxygen atoms in total. The summed E-state index contributed by atoms with van der Waals surface area (Å²) in [5.74, 6) is -0.0539. The van der Waals surface area contributed by atoms with E-state index in [1.165, 1.54) is 18.2 Å². The molecule has 1 atom stereocenters. The van der Waals surface area contributed by atoms with Crippen LogP contribution in [0.15, 0.2) is 52.3 Å². The van der Waals surface area contributed by atoms with Crippen LogP contribution in [0.5, 0.6) is 5.75 Å². The Morgan fingerprint density at radius 3 is 2.50 bits per heavy atom. The van der Waals surface area contributed by atoms with Crippen LogP contribution in [0.2, 0.25) is 5.02 Å². The molecule has 0 unspecified atom stereocenters. The maximum atomic E-state index is 12.3. The molecule has 1 amide bonds. The largest absolute Gasteiger partial charge is 0.482 e. The summed E-state index contributed by atoms with van der Waals surface area (Å²) in [6.45, 7) is 4.01. The number of carbonyl (C=O) groups is 1. The Labute approximate surface area is 187 Å². The second kappa shape index (κ2) is 11.6. The van der Waals surface area contributed by atoms with Gasteiger partial charge in [-0.15, -0.1) is 11.8 Å². The van der Waals surface area contributed by atoms with Gasteiger partial charge in [-0.1, -0.05) is 37.1 Å². The van der Waals surface area contributed by atoms with E-state index in [0.717, 1.165) is 23.3 Å². The van der Waals surface area contributed by atoms with Gasteiger partial charge in [-0.3, -0.25) is 4.79 Å². The third-order valence-electron chi connectivity index (χ3n) is 4.39. The average Bonchev–Trinajstić information content (AvgIpc) is 2.73. The lowest BCUT2D eigenvalue weighted by atomic mass is 10.1. The highest BCUT2D eigenvalue weighted by molar-refractivity contribution is 7.98. The van der Waals surface area contributed by atoms with Gasteiger partial charge in [0.15, 0.2) is 6.61 Å². The predicted molar refractivity (Wildman–Crippen MR) is 122 cm³/mol. The predicted octanol–water partition coefficient (Wildman–Crippen LogP) is 4.40. The molecule has 2 aromatic rings. The van der Waals surface area contributed by atoms with Crippen molar-refractivity contribution < 1.29 is 17.9 Å². The molecule has 2 aromatic carbocycles. The van der Waals surface area contributed by atoms with Crippen molar-refractivity contribution in [3.05, 3.63) is 53.1 Å². The summed E-state index contributed by atoms with van der Waals surface area (Å²) < 4.78 is 32.5. The molecule has 2 rings (SSSR count). The molecule has 9 heteroatoms. The Bertz CT molecular complexity index is 950. The minimum atomic E-state index is -3.63. The number of sulfonamides is 1. The first kappa shape index (κ1) is 24.5. The van der Waals surface area contributed by atoms with E-state index in [1.807, 2.05) is 44.4 Å². The lowest BCUT2D eigenvalue weighted by Crippen LogP contribution is -2.31. The van der Waals surface area contributed by atoms with Crippen molar-refractivity contribution in [3.63, 3.8) is 0 Å². The van der Waals surface area contributed by atoms with Crippen molar-refractivity contribution in [2.45, 2.75) is 42.5 Å². The van der Waals surface area contributed by atoms with Crippen molar-refractivity contribution in [2.24, 2.45) is 0 Å². The molecular weight excluding hydrogens is 444 g/mol. The smallest absolute Gasteiger partial charge is 0.258 e. The molecule has 0 heterocycles. The van der Waals surface area contributed by atoms with Crippen LogP contribution in [-0.2, 0) is 14.8 Å². The van der Waals surface area contributed by atoms with Crippen LogP contribution in [0.3, 0.4) is 0 Å². The number of rotatable bonds is 11. The summed E-state index contributed by atoms with van der Waals surface area (Å²) in [5.41, 5.74) is 0.990. The number of ether oxygens (including phenoxy) is 1. The third kappa shape index (κ3) is 7.19. The molecule has 0 aliphatic carbocycles. The minimum Gasteiger partial charge on any atom is -0.482 e. The van der Waals surface area contributed by atoms with Gasteiger partial charge in [0.25, 0.3) is 5.91 Å². The third-order valence-corrected chi connectivity index (χ3v) is 6.89. The van der Waals surface area contributed by atoms with Gasteiger partial charge < -0.3 is 10.1 Å². The molecule has 0 aliphatic rings. The van der Waals surface area contributed by atoms with E-state index in [-0.39, 0.29) is 34.2 Å². The van der Waals surface area contributed by atoms with Crippen LogP contribution < -0.4 is 14.8 Å². The van der Waals surface area contributed by atoms with Crippen molar-refractivity contribution in [1.82, 2.24) is 10.0 Å². The Morgan fingerprint density at radius 1 is 1.20 bits per heavy atom. The molecular formula is C21H27ClN2O4S2. The molecule has 0 saturated carbocycles. The summed E-state index contributed by atoms with van der Waals surface area (Å²) in [5, 5.41) is 2.99. The molecule has 0 aliphatic heterocycles. The SMILES string of the molecule is CCCCNS(=O)(=O)c1ccc(OCC(=O)N[C@H](C)c2ccc(SC)cc2)c(Cl)c1. The number of unbranched alkanes of at least 4 members (excludes halogenated alkanes) is 1. The molecule has 0 bridgehead atoms. The van der Waals surface area contributed by atoms with Gasteiger partial charge in [-0.25, -0.2) is 13.1 Å². The number of nitrogens with one attached hydrogen (secondary N) is 2. The molecule has 0 spiro atoms. The van der Waals surface area contributed by atoms with Gasteiger partial charge in [-0.05, 0) is 55.5 Å². The van der Waals surface area contributed by atoms with Crippen molar-refractivity contribution >= 4 is 39.3 Å². The second-order valence-electron chi connectivity index (χ2n) is 6.69. The van der Waals surface area contributed by atoms with Gasteiger partial charge in [-0.2, -0.15) is 0 Å². The van der Waals surface area contributed by atoms with E-state index in [4.69, 9.17) is 16.3 Å². The number of amides is 1. The van der Waals surface area contributed by atoms with Crippen LogP contribution in [0.1, 0.15) is 38.3 Å². The van der Waals surface area contributed by atoms with E-state index in [1.54, 1.807) is 11.8 Å². The van der Waals surface area contributed by atoms with Crippen molar-refractivity contribution in [2.75, 3.05) is 19.4 Å². The van der Waals surface area contributed by atoms with E-state index in [9.17, 15) is 13.2 Å². The number of hydrogen-bond donors (Lipinski definition) is 2. The molecule has 2 N–H and O–H groups in total. The van der Waals surface area contributed by atoms with Gasteiger partial charge in [0.2, 0.25) is 10.0 Å². The first-order valence-electron chi connectivity index (χ1n) is 9.62. The highest BCUT2D eigenvalue weighted by atomic mass is 35.5. The lowest BCUT2D eigenvalue weighted by molar-refractivity contribution is -0.123. The van der Waals surface area contributed by atoms with Crippen molar-refractivity contribution in [3.8, 4) is 5.75 Å². The summed E-state index contributed by atoms with van der Waals surface area (Å²) in [4.78, 5) is 13.4. The zero-order valence-corrected chi connectivity index (χ0v) is 19.7. The Hall–Kier alpha value is -1.74. The number of hydrogen-bond acceptors (Lipinski definition) is 5. The minimum absolute atomic E-state index is 0.0581. The Morgan fingerprint density at radius 2 is 1.90 bits per heavy atom. The number of carbonyl (C=O) groups excluding carboxylic acids is 1. The quantitative estimate of drug-likeness (QED) is 0.375. The summed E-state index contributed by atoms with van der Waals surface area (Å²) in [7, 11) is -3.63. The number of benzene rings is 2. The zero-order chi connectivity index (χ0) is 22.1. The second-order valence-corrected chi connectivity index (χ2v) is 9.75. The fourth-order valence-corrected chi connectivity index (χ4v) is 4.44. The van der Waals surface area contributed by atoms with E-state index in [2.05, 4.69) is 10.0 Å². The number of thioether (sulfide) groups is 1. The normalized spacial score (nSPS) is 12.4. The van der Waals surface area contributed by atoms with Crippen LogP contribution in [0, 0.1) is 0 Å². The monoisotopic (exact) mass is 470 g/mol. The lowest BCUT2D eigenvalue weighted by Gasteiger charge is -2.15. The fourth-order valence-electron chi connectivity index (χ4n) is 2.63. The van der Waals surface area contributed by atoms with Gasteiger partial charge >= 0.3 is 0 Å². The summed E-state index contributed by atoms with van der Waals surface area (Å²) in [6, 6.07) is 12.0. The summed E-state index contributed by atoms with van der Waals surface area (Å²) >= 11 is 7.82. The first-order chi connectivity index (χ1) is 14.3. The number of halogens is 1. The molecule has 164 valence electrons. The van der Waals surface area contributed by atoms with E-state index >= 15 is 0 Å². The Balaban J connectivity index is 1.92. The van der Waals surface area contributed by atoms with Crippen LogP contribution >= 0.6 is 23.4 Å². The maximum Gasteiger partial charge on any atom is 0.258 e. The van der Waals surface area contributed by atoms with E-state index in [0.29, 0.717) is 6.54 Å². The fraction of sp³-hybridized carbons (Fsp3) is 0.381. The van der Waals surface area contributed by atoms with Gasteiger partial charge in [0.1, 0.15) is 5.75 Å².